The van der Waals surface area contributed by atoms with Gasteiger partial charge in [0.25, 0.3) is 0 Å². The highest BCUT2D eigenvalue weighted by molar-refractivity contribution is 7.80. The minimum absolute atomic E-state index is 0.744. The molecule has 0 unspecified atom stereocenters. The molecule has 1 N–H and O–H groups in total. The fraction of sp³-hybridized carbons (Fsp3) is 0.571. The molecular weight excluding hydrogens is 258 g/mol. The lowest BCUT2D eigenvalue weighted by Gasteiger charge is -2.24. The third-order valence-corrected chi connectivity index (χ3v) is 3.17. The van der Waals surface area contributed by atoms with E-state index in [-0.39, 0.29) is 0 Å². The average molecular weight is 281 g/mol. The molecule has 19 heavy (non-hydrogen) atoms. The number of rotatable bonds is 7. The molecule has 0 amide bonds. The summed E-state index contributed by atoms with van der Waals surface area (Å²) in [6, 6.07) is 6.06. The highest BCUT2D eigenvalue weighted by atomic mass is 32.1. The maximum absolute atomic E-state index is 5.40. The Balaban J connectivity index is 2.46. The van der Waals surface area contributed by atoms with E-state index in [9.17, 15) is 0 Å². The van der Waals surface area contributed by atoms with E-state index in [1.807, 2.05) is 25.1 Å². The molecule has 4 nitrogen and oxygen atoms in total. The quantitative estimate of drug-likeness (QED) is 0.612. The van der Waals surface area contributed by atoms with E-state index in [2.05, 4.69) is 22.1 Å². The third kappa shape index (κ3) is 5.98. The summed E-state index contributed by atoms with van der Waals surface area (Å²) in [7, 11) is 1.71. The number of methoxy groups -OCH3 is 1. The van der Waals surface area contributed by atoms with Crippen LogP contribution < -0.4 is 5.32 Å². The second kappa shape index (κ2) is 8.82. The Kier molecular flexibility index (Phi) is 7.36. The Bertz CT molecular complexity index is 398. The van der Waals surface area contributed by atoms with Crippen LogP contribution in [0.4, 0.5) is 0 Å². The SMILES string of the molecule is CCN(Cc1cccc(C)n1)C(=S)NCCCOC. The van der Waals surface area contributed by atoms with Gasteiger partial charge in [-0.2, -0.15) is 0 Å². The summed E-state index contributed by atoms with van der Waals surface area (Å²) in [5.41, 5.74) is 2.08. The third-order valence-electron chi connectivity index (χ3n) is 2.77. The van der Waals surface area contributed by atoms with Gasteiger partial charge in [0.05, 0.1) is 12.2 Å². The number of nitrogens with zero attached hydrogens (tertiary/aromatic N) is 2. The second-order valence-electron chi connectivity index (χ2n) is 4.36. The highest BCUT2D eigenvalue weighted by Gasteiger charge is 2.08. The van der Waals surface area contributed by atoms with Crippen LogP contribution in [0.25, 0.3) is 0 Å². The molecular formula is C14H23N3OS. The second-order valence-corrected chi connectivity index (χ2v) is 4.75. The number of ether oxygens (including phenoxy) is 1. The number of thiocarbonyl (C=S) groups is 1. The van der Waals surface area contributed by atoms with Crippen molar-refractivity contribution in [3.05, 3.63) is 29.6 Å². The van der Waals surface area contributed by atoms with Crippen LogP contribution in [0.3, 0.4) is 0 Å². The van der Waals surface area contributed by atoms with E-state index in [0.29, 0.717) is 0 Å². The summed E-state index contributed by atoms with van der Waals surface area (Å²) in [4.78, 5) is 6.62. The Morgan fingerprint density at radius 2 is 2.26 bits per heavy atom. The topological polar surface area (TPSA) is 37.4 Å². The fourth-order valence-corrected chi connectivity index (χ4v) is 2.03. The molecule has 1 heterocycles. The lowest BCUT2D eigenvalue weighted by atomic mass is 10.3. The average Bonchev–Trinajstić information content (AvgIpc) is 2.41. The Hall–Kier alpha value is -1.20. The van der Waals surface area contributed by atoms with Crippen molar-refractivity contribution in [3.8, 4) is 0 Å². The minimum Gasteiger partial charge on any atom is -0.385 e. The van der Waals surface area contributed by atoms with Crippen molar-refractivity contribution in [1.29, 1.82) is 0 Å². The summed E-state index contributed by atoms with van der Waals surface area (Å²) in [5, 5.41) is 4.03. The molecule has 0 aliphatic heterocycles. The standard InChI is InChI=1S/C14H23N3OS/c1-4-17(14(19)15-9-6-10-18-3)11-13-8-5-7-12(2)16-13/h5,7-8H,4,6,9-11H2,1-3H3,(H,15,19). The molecule has 1 aromatic rings. The molecule has 1 rings (SSSR count). The van der Waals surface area contributed by atoms with Crippen molar-refractivity contribution in [1.82, 2.24) is 15.2 Å². The van der Waals surface area contributed by atoms with Crippen molar-refractivity contribution in [2.45, 2.75) is 26.8 Å². The maximum Gasteiger partial charge on any atom is 0.169 e. The van der Waals surface area contributed by atoms with Gasteiger partial charge in [-0.1, -0.05) is 6.07 Å². The van der Waals surface area contributed by atoms with Gasteiger partial charge in [0.2, 0.25) is 0 Å². The van der Waals surface area contributed by atoms with Crippen molar-refractivity contribution in [2.75, 3.05) is 26.8 Å². The van der Waals surface area contributed by atoms with Crippen LogP contribution in [0, 0.1) is 6.92 Å². The van der Waals surface area contributed by atoms with Crippen LogP contribution in [0.5, 0.6) is 0 Å². The first-order chi connectivity index (χ1) is 9.17. The van der Waals surface area contributed by atoms with Gasteiger partial charge in [-0.25, -0.2) is 0 Å². The molecule has 0 spiro atoms. The largest absolute Gasteiger partial charge is 0.385 e. The van der Waals surface area contributed by atoms with Gasteiger partial charge in [0.1, 0.15) is 0 Å². The molecule has 0 saturated heterocycles. The monoisotopic (exact) mass is 281 g/mol. The predicted octanol–water partition coefficient (Wildman–Crippen LogP) is 2.12. The van der Waals surface area contributed by atoms with Gasteiger partial charge in [-0.05, 0) is 44.6 Å². The predicted molar refractivity (Wildman–Crippen MR) is 82.2 cm³/mol. The van der Waals surface area contributed by atoms with Crippen LogP contribution in [0.15, 0.2) is 18.2 Å². The molecule has 0 radical (unpaired) electrons. The summed E-state index contributed by atoms with van der Waals surface area (Å²) in [5.74, 6) is 0. The van der Waals surface area contributed by atoms with Gasteiger partial charge in [0, 0.05) is 32.5 Å². The van der Waals surface area contributed by atoms with E-state index in [4.69, 9.17) is 17.0 Å². The molecule has 0 aliphatic rings. The molecule has 0 atom stereocenters. The molecule has 0 saturated carbocycles. The van der Waals surface area contributed by atoms with Crippen LogP contribution >= 0.6 is 12.2 Å². The Morgan fingerprint density at radius 1 is 1.47 bits per heavy atom. The number of aromatic nitrogens is 1. The van der Waals surface area contributed by atoms with Gasteiger partial charge in [-0.15, -0.1) is 0 Å². The van der Waals surface area contributed by atoms with E-state index in [1.54, 1.807) is 7.11 Å². The summed E-state index contributed by atoms with van der Waals surface area (Å²) >= 11 is 5.40. The van der Waals surface area contributed by atoms with Gasteiger partial charge in [0.15, 0.2) is 5.11 Å². The van der Waals surface area contributed by atoms with E-state index in [1.165, 1.54) is 0 Å². The molecule has 0 bridgehead atoms. The molecule has 0 aliphatic carbocycles. The zero-order valence-corrected chi connectivity index (χ0v) is 12.8. The first kappa shape index (κ1) is 15.9. The number of aryl methyl sites for hydroxylation is 1. The summed E-state index contributed by atoms with van der Waals surface area (Å²) in [6.45, 7) is 7.30. The van der Waals surface area contributed by atoms with Crippen molar-refractivity contribution < 1.29 is 4.74 Å². The van der Waals surface area contributed by atoms with Crippen LogP contribution in [-0.2, 0) is 11.3 Å². The first-order valence-corrected chi connectivity index (χ1v) is 7.02. The van der Waals surface area contributed by atoms with Gasteiger partial charge >= 0.3 is 0 Å². The number of pyridine rings is 1. The Labute approximate surface area is 121 Å². The normalized spacial score (nSPS) is 10.3. The zero-order chi connectivity index (χ0) is 14.1. The van der Waals surface area contributed by atoms with Crippen LogP contribution in [-0.4, -0.2) is 41.8 Å². The van der Waals surface area contributed by atoms with Crippen molar-refractivity contribution in [2.24, 2.45) is 0 Å². The van der Waals surface area contributed by atoms with Crippen LogP contribution in [0.2, 0.25) is 0 Å². The summed E-state index contributed by atoms with van der Waals surface area (Å²) in [6.07, 6.45) is 0.955. The van der Waals surface area contributed by atoms with Gasteiger partial charge in [-0.3, -0.25) is 4.98 Å². The zero-order valence-electron chi connectivity index (χ0n) is 12.0. The summed E-state index contributed by atoms with van der Waals surface area (Å²) < 4.78 is 5.01. The van der Waals surface area contributed by atoms with Crippen molar-refractivity contribution >= 4 is 17.3 Å². The smallest absolute Gasteiger partial charge is 0.169 e. The minimum atomic E-state index is 0.744. The molecule has 0 fully saturated rings. The van der Waals surface area contributed by atoms with E-state index < -0.39 is 0 Å². The van der Waals surface area contributed by atoms with Crippen molar-refractivity contribution in [3.63, 3.8) is 0 Å². The number of nitrogens with one attached hydrogen (secondary N) is 1. The Morgan fingerprint density at radius 3 is 2.89 bits per heavy atom. The van der Waals surface area contributed by atoms with Gasteiger partial charge < -0.3 is 15.0 Å². The maximum atomic E-state index is 5.40. The number of hydrogen-bond donors (Lipinski definition) is 1. The molecule has 5 heteroatoms. The highest BCUT2D eigenvalue weighted by Crippen LogP contribution is 2.03. The fourth-order valence-electron chi connectivity index (χ4n) is 1.73. The lowest BCUT2D eigenvalue weighted by Crippen LogP contribution is -2.39. The van der Waals surface area contributed by atoms with E-state index >= 15 is 0 Å². The first-order valence-electron chi connectivity index (χ1n) is 6.61. The molecule has 0 aromatic carbocycles. The lowest BCUT2D eigenvalue weighted by molar-refractivity contribution is 0.195. The molecule has 1 aromatic heterocycles. The van der Waals surface area contributed by atoms with E-state index in [0.717, 1.165) is 49.2 Å². The number of hydrogen-bond acceptors (Lipinski definition) is 3. The van der Waals surface area contributed by atoms with Crippen LogP contribution in [0.1, 0.15) is 24.7 Å². The molecule has 106 valence electrons.